The Bertz CT molecular complexity index is 1270. The first kappa shape index (κ1) is 19.5. The fourth-order valence-electron chi connectivity index (χ4n) is 4.81. The molecule has 4 aromatic rings. The standard InChI is InChI=1S/C24H24N4OS2/c1-30-24-27-20-18-16-10-5-11-17(16)19(14-7-3-2-4-8-14)26-23(18)31-21(20)22(28-24)25-13-15-9-6-12-29-15/h2-4,7-8,15H,5-6,9-13H2,1H3,(H,25,27,28)/t15-/m0/s1. The van der Waals surface area contributed by atoms with Crippen LogP contribution in [0.4, 0.5) is 5.82 Å². The van der Waals surface area contributed by atoms with Gasteiger partial charge in [0.15, 0.2) is 5.16 Å². The number of thioether (sulfide) groups is 1. The van der Waals surface area contributed by atoms with Gasteiger partial charge in [0.25, 0.3) is 0 Å². The Hall–Kier alpha value is -2.22. The van der Waals surface area contributed by atoms with Crippen LogP contribution in [0.2, 0.25) is 0 Å². The van der Waals surface area contributed by atoms with Gasteiger partial charge in [-0.2, -0.15) is 0 Å². The molecule has 31 heavy (non-hydrogen) atoms. The van der Waals surface area contributed by atoms with E-state index in [1.54, 1.807) is 23.1 Å². The molecule has 158 valence electrons. The molecule has 1 fully saturated rings. The zero-order valence-corrected chi connectivity index (χ0v) is 19.1. The summed E-state index contributed by atoms with van der Waals surface area (Å²) < 4.78 is 6.92. The van der Waals surface area contributed by atoms with Crippen molar-refractivity contribution in [2.75, 3.05) is 24.7 Å². The van der Waals surface area contributed by atoms with Crippen molar-refractivity contribution < 1.29 is 4.74 Å². The Balaban J connectivity index is 1.54. The highest BCUT2D eigenvalue weighted by Crippen LogP contribution is 2.44. The smallest absolute Gasteiger partial charge is 0.189 e. The second kappa shape index (κ2) is 8.04. The summed E-state index contributed by atoms with van der Waals surface area (Å²) in [5.41, 5.74) is 6.23. The molecule has 0 amide bonds. The first-order valence-corrected chi connectivity index (χ1v) is 13.0. The van der Waals surface area contributed by atoms with Gasteiger partial charge in [0.1, 0.15) is 10.6 Å². The van der Waals surface area contributed by atoms with E-state index in [9.17, 15) is 0 Å². The molecular formula is C24H24N4OS2. The lowest BCUT2D eigenvalue weighted by Gasteiger charge is -2.12. The van der Waals surface area contributed by atoms with E-state index in [1.807, 2.05) is 6.26 Å². The Morgan fingerprint density at radius 1 is 1.10 bits per heavy atom. The Morgan fingerprint density at radius 3 is 2.77 bits per heavy atom. The Morgan fingerprint density at radius 2 is 1.97 bits per heavy atom. The number of nitrogens with zero attached hydrogens (tertiary/aromatic N) is 3. The summed E-state index contributed by atoms with van der Waals surface area (Å²) in [4.78, 5) is 16.0. The number of fused-ring (bicyclic) bond motifs is 5. The summed E-state index contributed by atoms with van der Waals surface area (Å²) in [7, 11) is 0. The third-order valence-corrected chi connectivity index (χ3v) is 7.89. The highest BCUT2D eigenvalue weighted by molar-refractivity contribution is 7.98. The minimum absolute atomic E-state index is 0.268. The van der Waals surface area contributed by atoms with Gasteiger partial charge < -0.3 is 10.1 Å². The summed E-state index contributed by atoms with van der Waals surface area (Å²) >= 11 is 3.31. The van der Waals surface area contributed by atoms with Crippen molar-refractivity contribution in [3.63, 3.8) is 0 Å². The summed E-state index contributed by atoms with van der Waals surface area (Å²) in [6, 6.07) is 10.6. The van der Waals surface area contributed by atoms with E-state index in [-0.39, 0.29) is 6.10 Å². The average Bonchev–Trinajstić information content (AvgIpc) is 3.56. The molecule has 0 bridgehead atoms. The van der Waals surface area contributed by atoms with Crippen LogP contribution in [-0.4, -0.2) is 40.5 Å². The number of aryl methyl sites for hydroxylation is 1. The first-order valence-electron chi connectivity index (χ1n) is 10.9. The minimum atomic E-state index is 0.268. The van der Waals surface area contributed by atoms with Gasteiger partial charge in [0, 0.05) is 24.1 Å². The van der Waals surface area contributed by atoms with Gasteiger partial charge in [0.2, 0.25) is 0 Å². The highest BCUT2D eigenvalue weighted by Gasteiger charge is 2.26. The van der Waals surface area contributed by atoms with Crippen LogP contribution in [0.3, 0.4) is 0 Å². The summed E-state index contributed by atoms with van der Waals surface area (Å²) in [6.45, 7) is 1.65. The van der Waals surface area contributed by atoms with Crippen LogP contribution < -0.4 is 5.32 Å². The molecule has 1 atom stereocenters. The Kier molecular flexibility index (Phi) is 5.05. The Labute approximate surface area is 189 Å². The molecule has 1 N–H and O–H groups in total. The zero-order valence-electron chi connectivity index (χ0n) is 17.5. The molecule has 5 nitrogen and oxygen atoms in total. The summed E-state index contributed by atoms with van der Waals surface area (Å²) in [6.07, 6.45) is 7.92. The van der Waals surface area contributed by atoms with Crippen molar-refractivity contribution in [2.24, 2.45) is 0 Å². The predicted octanol–water partition coefficient (Wildman–Crippen LogP) is 5.71. The number of anilines is 1. The van der Waals surface area contributed by atoms with Gasteiger partial charge in [0.05, 0.1) is 22.0 Å². The van der Waals surface area contributed by atoms with Gasteiger partial charge in [-0.15, -0.1) is 11.3 Å². The third kappa shape index (κ3) is 3.39. The van der Waals surface area contributed by atoms with E-state index in [1.165, 1.54) is 28.5 Å². The van der Waals surface area contributed by atoms with Crippen molar-refractivity contribution in [2.45, 2.75) is 43.4 Å². The van der Waals surface area contributed by atoms with E-state index in [0.717, 1.165) is 70.6 Å². The number of nitrogens with one attached hydrogen (secondary N) is 1. The van der Waals surface area contributed by atoms with E-state index >= 15 is 0 Å². The van der Waals surface area contributed by atoms with Crippen LogP contribution in [0.25, 0.3) is 31.7 Å². The third-order valence-electron chi connectivity index (χ3n) is 6.26. The van der Waals surface area contributed by atoms with Crippen molar-refractivity contribution in [3.8, 4) is 11.3 Å². The largest absolute Gasteiger partial charge is 0.376 e. The fourth-order valence-corrected chi connectivity index (χ4v) is 6.28. The molecule has 4 heterocycles. The number of pyridine rings is 1. The van der Waals surface area contributed by atoms with E-state index in [0.29, 0.717) is 0 Å². The SMILES string of the molecule is CSc1nc(NC[C@@H]2CCCO2)c2sc3nc(-c4ccccc4)c4c(c3c2n1)CCC4. The van der Waals surface area contributed by atoms with Crippen molar-refractivity contribution in [1.29, 1.82) is 0 Å². The molecule has 6 rings (SSSR count). The maximum absolute atomic E-state index is 5.81. The second-order valence-electron chi connectivity index (χ2n) is 8.17. The van der Waals surface area contributed by atoms with Gasteiger partial charge in [-0.1, -0.05) is 42.1 Å². The first-order chi connectivity index (χ1) is 15.3. The quantitative estimate of drug-likeness (QED) is 0.312. The molecule has 1 aliphatic heterocycles. The monoisotopic (exact) mass is 448 g/mol. The van der Waals surface area contributed by atoms with E-state index in [2.05, 4.69) is 35.6 Å². The normalized spacial score (nSPS) is 18.2. The fraction of sp³-hybridized carbons (Fsp3) is 0.375. The van der Waals surface area contributed by atoms with Crippen LogP contribution in [0, 0.1) is 0 Å². The number of aromatic nitrogens is 3. The summed E-state index contributed by atoms with van der Waals surface area (Å²) in [5, 5.41) is 5.62. The van der Waals surface area contributed by atoms with Crippen LogP contribution in [-0.2, 0) is 17.6 Å². The molecule has 0 radical (unpaired) electrons. The van der Waals surface area contributed by atoms with Crippen LogP contribution in [0.5, 0.6) is 0 Å². The lowest BCUT2D eigenvalue weighted by atomic mass is 10.0. The highest BCUT2D eigenvalue weighted by atomic mass is 32.2. The number of ether oxygens (including phenoxy) is 1. The van der Waals surface area contributed by atoms with E-state index < -0.39 is 0 Å². The van der Waals surface area contributed by atoms with Crippen LogP contribution in [0.1, 0.15) is 30.4 Å². The number of thiophene rings is 1. The maximum Gasteiger partial charge on any atom is 0.189 e. The lowest BCUT2D eigenvalue weighted by molar-refractivity contribution is 0.120. The molecule has 1 aromatic carbocycles. The minimum Gasteiger partial charge on any atom is -0.376 e. The van der Waals surface area contributed by atoms with Crippen molar-refractivity contribution in [1.82, 2.24) is 15.0 Å². The van der Waals surface area contributed by atoms with Gasteiger partial charge in [-0.25, -0.2) is 15.0 Å². The van der Waals surface area contributed by atoms with Crippen molar-refractivity contribution >= 4 is 49.3 Å². The number of rotatable bonds is 5. The molecule has 1 aliphatic carbocycles. The second-order valence-corrected chi connectivity index (χ2v) is 9.94. The molecule has 7 heteroatoms. The van der Waals surface area contributed by atoms with Crippen LogP contribution >= 0.6 is 23.1 Å². The van der Waals surface area contributed by atoms with Crippen LogP contribution in [0.15, 0.2) is 35.5 Å². The molecule has 0 saturated carbocycles. The van der Waals surface area contributed by atoms with Gasteiger partial charge in [-0.3, -0.25) is 0 Å². The van der Waals surface area contributed by atoms with Gasteiger partial charge in [-0.05, 0) is 49.5 Å². The number of hydrogen-bond donors (Lipinski definition) is 1. The van der Waals surface area contributed by atoms with Crippen molar-refractivity contribution in [3.05, 3.63) is 41.5 Å². The molecular weight excluding hydrogens is 424 g/mol. The molecule has 1 saturated heterocycles. The average molecular weight is 449 g/mol. The predicted molar refractivity (Wildman–Crippen MR) is 129 cm³/mol. The molecule has 2 aliphatic rings. The lowest BCUT2D eigenvalue weighted by Crippen LogP contribution is -2.19. The number of benzene rings is 1. The molecule has 3 aromatic heterocycles. The maximum atomic E-state index is 5.81. The molecule has 0 unspecified atom stereocenters. The number of hydrogen-bond acceptors (Lipinski definition) is 7. The summed E-state index contributed by atoms with van der Waals surface area (Å²) in [5.74, 6) is 0.917. The topological polar surface area (TPSA) is 59.9 Å². The molecule has 0 spiro atoms. The van der Waals surface area contributed by atoms with E-state index in [4.69, 9.17) is 19.7 Å². The zero-order chi connectivity index (χ0) is 20.8. The van der Waals surface area contributed by atoms with Gasteiger partial charge >= 0.3 is 0 Å².